The Balaban J connectivity index is -0.0000000545. The predicted molar refractivity (Wildman–Crippen MR) is 84.7 cm³/mol. The number of rotatable bonds is 5. The summed E-state index contributed by atoms with van der Waals surface area (Å²) in [6.07, 6.45) is -0.916. The molecule has 0 aromatic rings. The highest BCUT2D eigenvalue weighted by Crippen LogP contribution is 2.13. The highest BCUT2D eigenvalue weighted by molar-refractivity contribution is 4.26. The third kappa shape index (κ3) is 104. The van der Waals surface area contributed by atoms with Crippen LogP contribution in [0.5, 0.6) is 0 Å². The van der Waals surface area contributed by atoms with Crippen LogP contribution in [-0.2, 0) is 14.2 Å². The predicted octanol–water partition coefficient (Wildman–Crippen LogP) is 5.68. The molecule has 0 heterocycles. The summed E-state index contributed by atoms with van der Waals surface area (Å²) < 4.78 is 44.1. The zero-order chi connectivity index (χ0) is 18.2. The maximum atomic E-state index is 10.6. The number of unbranched alkanes of at least 4 members (excludes halogenated alkanes) is 1. The van der Waals surface area contributed by atoms with E-state index in [1.54, 1.807) is 14.2 Å². The first-order valence-corrected chi connectivity index (χ1v) is 7.49. The number of hydrogen-bond acceptors (Lipinski definition) is 3. The molecule has 0 spiro atoms. The van der Waals surface area contributed by atoms with Gasteiger partial charge in [-0.2, -0.15) is 0 Å². The molecular formula is C15H37F3O3. The number of hydrogen-bond donors (Lipinski definition) is 0. The summed E-state index contributed by atoms with van der Waals surface area (Å²) in [6.45, 7) is 14.0. The number of halogens is 3. The van der Waals surface area contributed by atoms with Gasteiger partial charge in [-0.05, 0) is 12.8 Å². The Labute approximate surface area is 130 Å². The van der Waals surface area contributed by atoms with Gasteiger partial charge in [0.25, 0.3) is 0 Å². The number of alkyl halides is 3. The van der Waals surface area contributed by atoms with E-state index in [0.717, 1.165) is 19.6 Å². The van der Waals surface area contributed by atoms with Gasteiger partial charge >= 0.3 is 6.36 Å². The Morgan fingerprint density at radius 2 is 1.05 bits per heavy atom. The van der Waals surface area contributed by atoms with Crippen LogP contribution in [0.2, 0.25) is 0 Å². The van der Waals surface area contributed by atoms with Crippen LogP contribution in [-0.4, -0.2) is 40.9 Å². The molecule has 0 N–H and O–H groups in total. The van der Waals surface area contributed by atoms with Crippen LogP contribution in [0.15, 0.2) is 0 Å². The molecule has 0 aromatic carbocycles. The molecule has 21 heavy (non-hydrogen) atoms. The van der Waals surface area contributed by atoms with Crippen LogP contribution in [0.1, 0.15) is 60.8 Å². The lowest BCUT2D eigenvalue weighted by atomic mass is 10.4. The highest BCUT2D eigenvalue weighted by Gasteiger charge is 2.25. The van der Waals surface area contributed by atoms with Crippen LogP contribution in [0.25, 0.3) is 0 Å². The first-order valence-electron chi connectivity index (χ1n) is 7.49. The van der Waals surface area contributed by atoms with E-state index in [1.165, 1.54) is 12.8 Å². The smallest absolute Gasteiger partial charge is 0.385 e. The fraction of sp³-hybridized carbons (Fsp3) is 1.00. The van der Waals surface area contributed by atoms with E-state index < -0.39 is 6.36 Å². The van der Waals surface area contributed by atoms with Gasteiger partial charge in [-0.1, -0.05) is 48.0 Å². The van der Waals surface area contributed by atoms with Crippen LogP contribution in [0.4, 0.5) is 13.2 Å². The van der Waals surface area contributed by atoms with Crippen molar-refractivity contribution in [3.05, 3.63) is 0 Å². The summed E-state index contributed by atoms with van der Waals surface area (Å²) in [5, 5.41) is 0. The SMILES string of the molecule is CC.CC.CCCCOC.CCCOC.COC(F)(F)F. The minimum atomic E-state index is -4.46. The second kappa shape index (κ2) is 36.7. The molecule has 0 aromatic heterocycles. The largest absolute Gasteiger partial charge is 0.522 e. The van der Waals surface area contributed by atoms with E-state index in [9.17, 15) is 13.2 Å². The zero-order valence-electron chi connectivity index (χ0n) is 15.4. The van der Waals surface area contributed by atoms with Crippen molar-refractivity contribution >= 4 is 0 Å². The quantitative estimate of drug-likeness (QED) is 0.609. The molecule has 136 valence electrons. The van der Waals surface area contributed by atoms with Crippen molar-refractivity contribution in [2.45, 2.75) is 67.2 Å². The van der Waals surface area contributed by atoms with Crippen molar-refractivity contribution in [2.75, 3.05) is 34.5 Å². The first kappa shape index (κ1) is 32.6. The lowest BCUT2D eigenvalue weighted by molar-refractivity contribution is -0.311. The summed E-state index contributed by atoms with van der Waals surface area (Å²) in [6, 6.07) is 0. The molecule has 0 aliphatic heterocycles. The van der Waals surface area contributed by atoms with Gasteiger partial charge in [-0.3, -0.25) is 4.74 Å². The lowest BCUT2D eigenvalue weighted by Crippen LogP contribution is -2.08. The van der Waals surface area contributed by atoms with Crippen molar-refractivity contribution in [3.63, 3.8) is 0 Å². The lowest BCUT2D eigenvalue weighted by Gasteiger charge is -1.97. The van der Waals surface area contributed by atoms with Crippen molar-refractivity contribution in [3.8, 4) is 0 Å². The molecule has 0 atom stereocenters. The minimum Gasteiger partial charge on any atom is -0.385 e. The summed E-state index contributed by atoms with van der Waals surface area (Å²) in [4.78, 5) is 0. The molecule has 0 rings (SSSR count). The molecule has 0 unspecified atom stereocenters. The Kier molecular flexibility index (Phi) is 56.9. The van der Waals surface area contributed by atoms with Gasteiger partial charge in [0.15, 0.2) is 0 Å². The maximum absolute atomic E-state index is 10.6. The van der Waals surface area contributed by atoms with Crippen LogP contribution < -0.4 is 0 Å². The average Bonchev–Trinajstić information content (AvgIpc) is 2.50. The molecule has 0 saturated carbocycles. The van der Waals surface area contributed by atoms with E-state index in [4.69, 9.17) is 9.47 Å². The van der Waals surface area contributed by atoms with Crippen molar-refractivity contribution < 1.29 is 27.4 Å². The second-order valence-corrected chi connectivity index (χ2v) is 2.99. The molecule has 3 nitrogen and oxygen atoms in total. The van der Waals surface area contributed by atoms with Crippen LogP contribution in [0, 0.1) is 0 Å². The highest BCUT2D eigenvalue weighted by atomic mass is 19.4. The third-order valence-corrected chi connectivity index (χ3v) is 1.34. The number of ether oxygens (including phenoxy) is 3. The average molecular weight is 322 g/mol. The number of methoxy groups -OCH3 is 3. The van der Waals surface area contributed by atoms with E-state index in [2.05, 4.69) is 18.6 Å². The molecular weight excluding hydrogens is 285 g/mol. The summed E-state index contributed by atoms with van der Waals surface area (Å²) in [5.41, 5.74) is 0. The Bertz CT molecular complexity index is 115. The van der Waals surface area contributed by atoms with Gasteiger partial charge < -0.3 is 9.47 Å². The fourth-order valence-electron chi connectivity index (χ4n) is 0.493. The summed E-state index contributed by atoms with van der Waals surface area (Å²) >= 11 is 0. The Morgan fingerprint density at radius 3 is 1.10 bits per heavy atom. The zero-order valence-corrected chi connectivity index (χ0v) is 15.4. The molecule has 0 aliphatic rings. The van der Waals surface area contributed by atoms with Gasteiger partial charge in [-0.25, -0.2) is 0 Å². The van der Waals surface area contributed by atoms with E-state index in [-0.39, 0.29) is 0 Å². The molecule has 6 heteroatoms. The van der Waals surface area contributed by atoms with E-state index in [0.29, 0.717) is 7.11 Å². The van der Waals surface area contributed by atoms with Gasteiger partial charge in [0, 0.05) is 34.5 Å². The Morgan fingerprint density at radius 1 is 0.714 bits per heavy atom. The van der Waals surface area contributed by atoms with Gasteiger partial charge in [0.1, 0.15) is 0 Å². The van der Waals surface area contributed by atoms with E-state index >= 15 is 0 Å². The van der Waals surface area contributed by atoms with Gasteiger partial charge in [-0.15, -0.1) is 13.2 Å². The van der Waals surface area contributed by atoms with Crippen LogP contribution in [0.3, 0.4) is 0 Å². The normalized spacial score (nSPS) is 8.57. The van der Waals surface area contributed by atoms with Crippen molar-refractivity contribution in [2.24, 2.45) is 0 Å². The van der Waals surface area contributed by atoms with E-state index in [1.807, 2.05) is 27.7 Å². The van der Waals surface area contributed by atoms with Crippen LogP contribution >= 0.6 is 0 Å². The molecule has 0 fully saturated rings. The van der Waals surface area contributed by atoms with Crippen molar-refractivity contribution in [1.29, 1.82) is 0 Å². The monoisotopic (exact) mass is 322 g/mol. The second-order valence-electron chi connectivity index (χ2n) is 2.99. The standard InChI is InChI=1S/C5H12O.C4H10O.C2H3F3O.2C2H6/c1-3-4-5-6-2;1-3-4-5-2;1-6-2(3,4)5;2*1-2/h3-5H2,1-2H3;3-4H2,1-2H3;1H3;2*1-2H3. The van der Waals surface area contributed by atoms with Crippen molar-refractivity contribution in [1.82, 2.24) is 0 Å². The molecule has 0 radical (unpaired) electrons. The molecule has 0 saturated heterocycles. The first-order chi connectivity index (χ1) is 9.89. The summed E-state index contributed by atoms with van der Waals surface area (Å²) in [5.74, 6) is 0. The topological polar surface area (TPSA) is 27.7 Å². The Hall–Kier alpha value is -0.330. The fourth-order valence-corrected chi connectivity index (χ4v) is 0.493. The maximum Gasteiger partial charge on any atom is 0.522 e. The summed E-state index contributed by atoms with van der Waals surface area (Å²) in [7, 11) is 4.03. The third-order valence-electron chi connectivity index (χ3n) is 1.34. The molecule has 0 bridgehead atoms. The molecule has 0 aliphatic carbocycles. The van der Waals surface area contributed by atoms with Gasteiger partial charge in [0.05, 0.1) is 0 Å². The minimum absolute atomic E-state index is 0.583. The van der Waals surface area contributed by atoms with Gasteiger partial charge in [0.2, 0.25) is 0 Å². The molecule has 0 amide bonds.